The zero-order valence-corrected chi connectivity index (χ0v) is 13.2. The molecule has 0 aliphatic carbocycles. The van der Waals surface area contributed by atoms with Crippen LogP contribution in [0.5, 0.6) is 0 Å². The molecule has 0 radical (unpaired) electrons. The molecular formula is C15H21N3O2S. The van der Waals surface area contributed by atoms with E-state index in [1.807, 2.05) is 38.1 Å². The molecule has 1 N–H and O–H groups in total. The van der Waals surface area contributed by atoms with Gasteiger partial charge in [-0.1, -0.05) is 37.6 Å². The zero-order chi connectivity index (χ0) is 15.3. The first-order valence-corrected chi connectivity index (χ1v) is 8.74. The summed E-state index contributed by atoms with van der Waals surface area (Å²) in [6.07, 6.45) is 3.28. The van der Waals surface area contributed by atoms with E-state index < -0.39 is 10.0 Å². The Hall–Kier alpha value is -1.82. The third-order valence-corrected chi connectivity index (χ3v) is 4.61. The van der Waals surface area contributed by atoms with Crippen LogP contribution in [0.3, 0.4) is 0 Å². The monoisotopic (exact) mass is 307 g/mol. The van der Waals surface area contributed by atoms with E-state index in [-0.39, 0.29) is 5.75 Å². The number of benzene rings is 1. The average molecular weight is 307 g/mol. The van der Waals surface area contributed by atoms with Crippen LogP contribution in [-0.4, -0.2) is 24.0 Å². The van der Waals surface area contributed by atoms with Crippen LogP contribution < -0.4 is 4.72 Å². The molecular weight excluding hydrogens is 286 g/mol. The number of anilines is 1. The Morgan fingerprint density at radius 1 is 1.24 bits per heavy atom. The Morgan fingerprint density at radius 3 is 2.71 bits per heavy atom. The van der Waals surface area contributed by atoms with Gasteiger partial charge in [-0.25, -0.2) is 8.42 Å². The first kappa shape index (κ1) is 15.6. The van der Waals surface area contributed by atoms with Gasteiger partial charge in [0.1, 0.15) is 0 Å². The molecule has 0 aliphatic rings. The standard InChI is InChI=1S/C15H21N3O2S/c1-3-4-11-21(19,20)17-15-9-10-18(16-15)12-14-8-6-5-7-13(14)2/h5-10H,3-4,11-12H2,1-2H3,(H,16,17). The minimum absolute atomic E-state index is 0.133. The molecule has 0 atom stereocenters. The molecule has 0 saturated heterocycles. The van der Waals surface area contributed by atoms with Gasteiger partial charge in [-0.3, -0.25) is 9.40 Å². The van der Waals surface area contributed by atoms with Gasteiger partial charge < -0.3 is 0 Å². The zero-order valence-electron chi connectivity index (χ0n) is 12.4. The predicted molar refractivity (Wildman–Crippen MR) is 84.8 cm³/mol. The Balaban J connectivity index is 2.03. The maximum absolute atomic E-state index is 11.8. The summed E-state index contributed by atoms with van der Waals surface area (Å²) < 4.78 is 27.9. The van der Waals surface area contributed by atoms with Gasteiger partial charge in [-0.05, 0) is 24.5 Å². The van der Waals surface area contributed by atoms with E-state index in [4.69, 9.17) is 0 Å². The molecule has 0 fully saturated rings. The van der Waals surface area contributed by atoms with Gasteiger partial charge in [0.05, 0.1) is 12.3 Å². The Bertz CT molecular complexity index is 692. The summed E-state index contributed by atoms with van der Waals surface area (Å²) in [6, 6.07) is 9.76. The van der Waals surface area contributed by atoms with Crippen LogP contribution >= 0.6 is 0 Å². The summed E-state index contributed by atoms with van der Waals surface area (Å²) >= 11 is 0. The van der Waals surface area contributed by atoms with Crippen molar-refractivity contribution < 1.29 is 8.42 Å². The van der Waals surface area contributed by atoms with Crippen LogP contribution in [0.25, 0.3) is 0 Å². The van der Waals surface area contributed by atoms with Crippen molar-refractivity contribution in [2.24, 2.45) is 0 Å². The molecule has 6 heteroatoms. The van der Waals surface area contributed by atoms with Crippen molar-refractivity contribution in [2.75, 3.05) is 10.5 Å². The highest BCUT2D eigenvalue weighted by molar-refractivity contribution is 7.92. The van der Waals surface area contributed by atoms with E-state index in [9.17, 15) is 8.42 Å². The van der Waals surface area contributed by atoms with E-state index in [0.717, 1.165) is 6.42 Å². The number of aryl methyl sites for hydroxylation is 1. The number of rotatable bonds is 7. The van der Waals surface area contributed by atoms with Gasteiger partial charge in [0, 0.05) is 12.3 Å². The lowest BCUT2D eigenvalue weighted by molar-refractivity contribution is 0.597. The van der Waals surface area contributed by atoms with Crippen molar-refractivity contribution in [1.29, 1.82) is 0 Å². The number of hydrogen-bond donors (Lipinski definition) is 1. The summed E-state index contributed by atoms with van der Waals surface area (Å²) in [7, 11) is -3.29. The molecule has 0 bridgehead atoms. The number of hydrogen-bond acceptors (Lipinski definition) is 3. The van der Waals surface area contributed by atoms with E-state index in [1.54, 1.807) is 16.9 Å². The molecule has 1 heterocycles. The minimum Gasteiger partial charge on any atom is -0.266 e. The molecule has 21 heavy (non-hydrogen) atoms. The highest BCUT2D eigenvalue weighted by Gasteiger charge is 2.11. The molecule has 1 aromatic carbocycles. The first-order valence-electron chi connectivity index (χ1n) is 7.08. The van der Waals surface area contributed by atoms with Crippen LogP contribution in [-0.2, 0) is 16.6 Å². The summed E-state index contributed by atoms with van der Waals surface area (Å²) in [5, 5.41) is 4.27. The Kier molecular flexibility index (Phi) is 5.01. The number of nitrogens with one attached hydrogen (secondary N) is 1. The number of nitrogens with zero attached hydrogens (tertiary/aromatic N) is 2. The molecule has 5 nitrogen and oxygen atoms in total. The Morgan fingerprint density at radius 2 is 2.00 bits per heavy atom. The van der Waals surface area contributed by atoms with Crippen molar-refractivity contribution in [3.63, 3.8) is 0 Å². The lowest BCUT2D eigenvalue weighted by Crippen LogP contribution is -2.17. The predicted octanol–water partition coefficient (Wildman–Crippen LogP) is 2.78. The summed E-state index contributed by atoms with van der Waals surface area (Å²) in [4.78, 5) is 0. The summed E-state index contributed by atoms with van der Waals surface area (Å²) in [6.45, 7) is 4.64. The molecule has 0 unspecified atom stereocenters. The fourth-order valence-electron chi connectivity index (χ4n) is 2.01. The van der Waals surface area contributed by atoms with E-state index in [2.05, 4.69) is 9.82 Å². The lowest BCUT2D eigenvalue weighted by Gasteiger charge is -2.06. The molecule has 2 rings (SSSR count). The molecule has 0 spiro atoms. The molecule has 2 aromatic rings. The fourth-order valence-corrected chi connectivity index (χ4v) is 3.21. The van der Waals surface area contributed by atoms with Gasteiger partial charge in [0.2, 0.25) is 10.0 Å². The Labute approximate surface area is 126 Å². The minimum atomic E-state index is -3.29. The number of unbranched alkanes of at least 4 members (excludes halogenated alkanes) is 1. The third kappa shape index (κ3) is 4.60. The summed E-state index contributed by atoms with van der Waals surface area (Å²) in [5.41, 5.74) is 2.36. The van der Waals surface area contributed by atoms with Crippen LogP contribution in [0.4, 0.5) is 5.82 Å². The normalized spacial score (nSPS) is 11.5. The second-order valence-corrected chi connectivity index (χ2v) is 6.94. The fraction of sp³-hybridized carbons (Fsp3) is 0.400. The molecule has 114 valence electrons. The van der Waals surface area contributed by atoms with Crippen molar-refractivity contribution in [1.82, 2.24) is 9.78 Å². The topological polar surface area (TPSA) is 64.0 Å². The van der Waals surface area contributed by atoms with Crippen LogP contribution in [0.2, 0.25) is 0 Å². The highest BCUT2D eigenvalue weighted by atomic mass is 32.2. The number of sulfonamides is 1. The quantitative estimate of drug-likeness (QED) is 0.855. The van der Waals surface area contributed by atoms with Gasteiger partial charge >= 0.3 is 0 Å². The SMILES string of the molecule is CCCCS(=O)(=O)Nc1ccn(Cc2ccccc2C)n1. The third-order valence-electron chi connectivity index (χ3n) is 3.26. The molecule has 0 aliphatic heterocycles. The first-order chi connectivity index (χ1) is 10.00. The molecule has 1 aromatic heterocycles. The van der Waals surface area contributed by atoms with Crippen LogP contribution in [0, 0.1) is 6.92 Å². The van der Waals surface area contributed by atoms with Gasteiger partial charge in [0.25, 0.3) is 0 Å². The summed E-state index contributed by atoms with van der Waals surface area (Å²) in [5.74, 6) is 0.508. The smallest absolute Gasteiger partial charge is 0.233 e. The van der Waals surface area contributed by atoms with Crippen molar-refractivity contribution in [3.8, 4) is 0 Å². The maximum atomic E-state index is 11.8. The second-order valence-electron chi connectivity index (χ2n) is 5.10. The van der Waals surface area contributed by atoms with Gasteiger partial charge in [-0.15, -0.1) is 0 Å². The largest absolute Gasteiger partial charge is 0.266 e. The van der Waals surface area contributed by atoms with Crippen LogP contribution in [0.15, 0.2) is 36.5 Å². The highest BCUT2D eigenvalue weighted by Crippen LogP contribution is 2.11. The molecule has 0 amide bonds. The van der Waals surface area contributed by atoms with Crippen molar-refractivity contribution in [3.05, 3.63) is 47.7 Å². The van der Waals surface area contributed by atoms with E-state index in [0.29, 0.717) is 18.8 Å². The van der Waals surface area contributed by atoms with Gasteiger partial charge in [-0.2, -0.15) is 5.10 Å². The lowest BCUT2D eigenvalue weighted by atomic mass is 10.1. The van der Waals surface area contributed by atoms with Crippen molar-refractivity contribution >= 4 is 15.8 Å². The molecule has 0 saturated carbocycles. The van der Waals surface area contributed by atoms with E-state index in [1.165, 1.54) is 11.1 Å². The van der Waals surface area contributed by atoms with Crippen LogP contribution in [0.1, 0.15) is 30.9 Å². The second kappa shape index (κ2) is 6.76. The average Bonchev–Trinajstić information content (AvgIpc) is 2.86. The maximum Gasteiger partial charge on any atom is 0.233 e. The van der Waals surface area contributed by atoms with Gasteiger partial charge in [0.15, 0.2) is 5.82 Å². The van der Waals surface area contributed by atoms with E-state index >= 15 is 0 Å². The van der Waals surface area contributed by atoms with Crippen molar-refractivity contribution in [2.45, 2.75) is 33.2 Å². The number of aromatic nitrogens is 2.